The third-order valence-corrected chi connectivity index (χ3v) is 4.88. The highest BCUT2D eigenvalue weighted by Crippen LogP contribution is 2.42. The summed E-state index contributed by atoms with van der Waals surface area (Å²) in [5, 5.41) is 16.6. The lowest BCUT2D eigenvalue weighted by molar-refractivity contribution is -0.122. The molecule has 1 heterocycles. The molecule has 2 aromatic rings. The quantitative estimate of drug-likeness (QED) is 0.581. The number of amides is 1. The Morgan fingerprint density at radius 3 is 2.36 bits per heavy atom. The minimum Gasteiger partial charge on any atom is -0.288 e. The van der Waals surface area contributed by atoms with Gasteiger partial charge in [0.25, 0.3) is 5.91 Å². The zero-order chi connectivity index (χ0) is 18.1. The van der Waals surface area contributed by atoms with Gasteiger partial charge >= 0.3 is 0 Å². The second kappa shape index (κ2) is 7.22. The Morgan fingerprint density at radius 1 is 1.12 bits per heavy atom. The predicted molar refractivity (Wildman–Crippen MR) is 99.7 cm³/mol. The average molecular weight is 399 g/mol. The lowest BCUT2D eigenvalue weighted by atomic mass is 9.91. The van der Waals surface area contributed by atoms with E-state index in [-0.39, 0.29) is 17.7 Å². The number of hydrogen-bond acceptors (Lipinski definition) is 4. The van der Waals surface area contributed by atoms with Crippen LogP contribution >= 0.6 is 34.8 Å². The molecule has 0 saturated carbocycles. The van der Waals surface area contributed by atoms with E-state index in [0.29, 0.717) is 20.8 Å². The van der Waals surface area contributed by atoms with Gasteiger partial charge in [-0.05, 0) is 35.9 Å². The number of rotatable bonds is 3. The summed E-state index contributed by atoms with van der Waals surface area (Å²) in [4.78, 5) is 12.0. The molecule has 2 aromatic carbocycles. The summed E-state index contributed by atoms with van der Waals surface area (Å²) in [5.41, 5.74) is 3.36. The van der Waals surface area contributed by atoms with Crippen molar-refractivity contribution in [2.45, 2.75) is 13.0 Å². The molecule has 0 aliphatic carbocycles. The van der Waals surface area contributed by atoms with E-state index >= 15 is 0 Å². The number of carbonyl (C=O) groups excluding carboxylic acids is 1. The molecule has 1 amide bonds. The molecule has 0 aromatic heterocycles. The van der Waals surface area contributed by atoms with Gasteiger partial charge in [-0.1, -0.05) is 53.9 Å². The third kappa shape index (κ3) is 3.46. The van der Waals surface area contributed by atoms with Crippen molar-refractivity contribution in [2.75, 3.05) is 5.01 Å². The molecule has 2 N–H and O–H groups in total. The second-order valence-electron chi connectivity index (χ2n) is 5.65. The monoisotopic (exact) mass is 397 g/mol. The van der Waals surface area contributed by atoms with Gasteiger partial charge in [-0.15, -0.1) is 0 Å². The first-order chi connectivity index (χ1) is 11.9. The summed E-state index contributed by atoms with van der Waals surface area (Å²) in [5.74, 6) is -0.945. The molecule has 5 nitrogen and oxygen atoms in total. The third-order valence-electron chi connectivity index (χ3n) is 4.09. The van der Waals surface area contributed by atoms with E-state index in [9.17, 15) is 4.79 Å². The van der Waals surface area contributed by atoms with Gasteiger partial charge < -0.3 is 0 Å². The van der Waals surface area contributed by atoms with Gasteiger partial charge in [-0.2, -0.15) is 5.10 Å². The molecule has 2 atom stereocenters. The number of hydrogen-bond donors (Lipinski definition) is 2. The largest absolute Gasteiger partial charge is 0.291 e. The number of benzene rings is 2. The summed E-state index contributed by atoms with van der Waals surface area (Å²) in [6, 6.07) is 12.1. The normalized spacial score (nSPS) is 19.7. The van der Waals surface area contributed by atoms with E-state index in [0.717, 1.165) is 5.56 Å². The number of hydroxylamine groups is 1. The Balaban J connectivity index is 2.10. The van der Waals surface area contributed by atoms with Crippen molar-refractivity contribution in [1.82, 2.24) is 5.48 Å². The molecule has 3 rings (SSSR count). The molecule has 2 unspecified atom stereocenters. The zero-order valence-electron chi connectivity index (χ0n) is 13.1. The first kappa shape index (κ1) is 18.0. The Morgan fingerprint density at radius 2 is 1.76 bits per heavy atom. The van der Waals surface area contributed by atoms with Crippen LogP contribution in [-0.2, 0) is 4.79 Å². The van der Waals surface area contributed by atoms with Gasteiger partial charge in [0.2, 0.25) is 0 Å². The molecule has 0 radical (unpaired) electrons. The molecule has 8 heteroatoms. The van der Waals surface area contributed by atoms with Crippen molar-refractivity contribution in [3.63, 3.8) is 0 Å². The van der Waals surface area contributed by atoms with Gasteiger partial charge in [0.1, 0.15) is 5.71 Å². The van der Waals surface area contributed by atoms with Crippen LogP contribution in [0.4, 0.5) is 5.69 Å². The van der Waals surface area contributed by atoms with Crippen LogP contribution < -0.4 is 10.5 Å². The Kier molecular flexibility index (Phi) is 5.20. The number of nitrogens with one attached hydrogen (secondary N) is 1. The molecular formula is C17H14Cl3N3O2. The maximum atomic E-state index is 12.0. The van der Waals surface area contributed by atoms with Crippen LogP contribution in [0.1, 0.15) is 18.5 Å². The van der Waals surface area contributed by atoms with Crippen LogP contribution in [0.2, 0.25) is 15.1 Å². The summed E-state index contributed by atoms with van der Waals surface area (Å²) in [6.45, 7) is 1.86. The van der Waals surface area contributed by atoms with Crippen molar-refractivity contribution in [3.8, 4) is 0 Å². The number of hydrazone groups is 1. The van der Waals surface area contributed by atoms with Crippen LogP contribution in [0, 0.1) is 5.92 Å². The number of anilines is 1. The average Bonchev–Trinajstić information content (AvgIpc) is 2.92. The SMILES string of the molecule is CC1C(C(=O)NO)=NN(c2ccc(Cl)cc2Cl)C1c1ccc(Cl)cc1. The van der Waals surface area contributed by atoms with E-state index in [4.69, 9.17) is 40.0 Å². The second-order valence-corrected chi connectivity index (χ2v) is 6.93. The Hall–Kier alpha value is -1.79. The summed E-state index contributed by atoms with van der Waals surface area (Å²) < 4.78 is 0. The summed E-state index contributed by atoms with van der Waals surface area (Å²) >= 11 is 18.3. The van der Waals surface area contributed by atoms with Gasteiger partial charge in [0.05, 0.1) is 16.8 Å². The maximum Gasteiger partial charge on any atom is 0.291 e. The molecular weight excluding hydrogens is 385 g/mol. The van der Waals surface area contributed by atoms with Gasteiger partial charge in [0.15, 0.2) is 0 Å². The zero-order valence-corrected chi connectivity index (χ0v) is 15.3. The van der Waals surface area contributed by atoms with Crippen molar-refractivity contribution in [1.29, 1.82) is 0 Å². The van der Waals surface area contributed by atoms with Gasteiger partial charge in [-0.3, -0.25) is 15.0 Å². The highest BCUT2D eigenvalue weighted by atomic mass is 35.5. The number of nitrogens with zero attached hydrogens (tertiary/aromatic N) is 2. The fourth-order valence-electron chi connectivity index (χ4n) is 2.90. The molecule has 0 fully saturated rings. The molecule has 25 heavy (non-hydrogen) atoms. The van der Waals surface area contributed by atoms with Crippen molar-refractivity contribution >= 4 is 52.1 Å². The summed E-state index contributed by atoms with van der Waals surface area (Å²) in [7, 11) is 0. The molecule has 130 valence electrons. The number of carbonyl (C=O) groups is 1. The Labute approximate surface area is 159 Å². The lowest BCUT2D eigenvalue weighted by Crippen LogP contribution is -2.32. The molecule has 0 bridgehead atoms. The van der Waals surface area contributed by atoms with Crippen LogP contribution in [-0.4, -0.2) is 16.8 Å². The van der Waals surface area contributed by atoms with Gasteiger partial charge in [-0.25, -0.2) is 5.48 Å². The van der Waals surface area contributed by atoms with Crippen LogP contribution in [0.3, 0.4) is 0 Å². The Bertz CT molecular complexity index is 840. The standard InChI is InChI=1S/C17H14Cl3N3O2/c1-9-15(17(24)22-25)21-23(14-7-6-12(19)8-13(14)20)16(9)10-2-4-11(18)5-3-10/h2-9,16,25H,1H3,(H,22,24). The van der Waals surface area contributed by atoms with Crippen molar-refractivity contribution in [3.05, 3.63) is 63.1 Å². The molecule has 1 aliphatic heterocycles. The van der Waals surface area contributed by atoms with E-state index in [2.05, 4.69) is 5.10 Å². The highest BCUT2D eigenvalue weighted by Gasteiger charge is 2.39. The summed E-state index contributed by atoms with van der Waals surface area (Å²) in [6.07, 6.45) is 0. The van der Waals surface area contributed by atoms with Crippen LogP contribution in [0.15, 0.2) is 47.6 Å². The molecule has 0 saturated heterocycles. The first-order valence-corrected chi connectivity index (χ1v) is 8.58. The smallest absolute Gasteiger partial charge is 0.288 e. The minimum absolute atomic E-state index is 0.202. The number of halogens is 3. The van der Waals surface area contributed by atoms with E-state index in [1.807, 2.05) is 19.1 Å². The fraction of sp³-hybridized carbons (Fsp3) is 0.176. The van der Waals surface area contributed by atoms with Crippen molar-refractivity contribution in [2.24, 2.45) is 11.0 Å². The van der Waals surface area contributed by atoms with Crippen molar-refractivity contribution < 1.29 is 10.0 Å². The van der Waals surface area contributed by atoms with Gasteiger partial charge in [0, 0.05) is 16.0 Å². The predicted octanol–water partition coefficient (Wildman–Crippen LogP) is 4.71. The fourth-order valence-corrected chi connectivity index (χ4v) is 3.52. The minimum atomic E-state index is -0.654. The van der Waals surface area contributed by atoms with Crippen LogP contribution in [0.5, 0.6) is 0 Å². The first-order valence-electron chi connectivity index (χ1n) is 7.45. The van der Waals surface area contributed by atoms with E-state index in [1.165, 1.54) is 0 Å². The van der Waals surface area contributed by atoms with E-state index in [1.54, 1.807) is 40.8 Å². The molecule has 0 spiro atoms. The lowest BCUT2D eigenvalue weighted by Gasteiger charge is -2.27. The molecule has 1 aliphatic rings. The topological polar surface area (TPSA) is 64.9 Å². The van der Waals surface area contributed by atoms with E-state index < -0.39 is 5.91 Å². The highest BCUT2D eigenvalue weighted by molar-refractivity contribution is 6.40. The van der Waals surface area contributed by atoms with Crippen LogP contribution in [0.25, 0.3) is 0 Å². The maximum absolute atomic E-state index is 12.0.